The Bertz CT molecular complexity index is 1960. The van der Waals surface area contributed by atoms with Gasteiger partial charge in [-0.25, -0.2) is 9.59 Å². The second kappa shape index (κ2) is 12.0. The molecule has 0 aliphatic carbocycles. The van der Waals surface area contributed by atoms with Crippen molar-refractivity contribution in [3.05, 3.63) is 141 Å². The van der Waals surface area contributed by atoms with Crippen LogP contribution in [0, 0.1) is 0 Å². The summed E-state index contributed by atoms with van der Waals surface area (Å²) in [5.41, 5.74) is 2.28. The zero-order chi connectivity index (χ0) is 28.2. The van der Waals surface area contributed by atoms with Gasteiger partial charge in [0.15, 0.2) is 0 Å². The van der Waals surface area contributed by atoms with Gasteiger partial charge < -0.3 is 18.3 Å². The highest BCUT2D eigenvalue weighted by Gasteiger charge is 2.10. The zero-order valence-electron chi connectivity index (χ0n) is 21.9. The van der Waals surface area contributed by atoms with Crippen molar-refractivity contribution in [2.75, 3.05) is 0 Å². The molecule has 0 spiro atoms. The van der Waals surface area contributed by atoms with Crippen LogP contribution in [0.2, 0.25) is 0 Å². The first kappa shape index (κ1) is 26.8. The van der Waals surface area contributed by atoms with Crippen LogP contribution in [-0.4, -0.2) is 0 Å². The number of hydrogen-bond donors (Lipinski definition) is 0. The Hall–Kier alpha value is -4.40. The maximum atomic E-state index is 11.5. The Kier molecular flexibility index (Phi) is 7.84. The molecule has 4 aromatic carbocycles. The first-order valence-corrected chi connectivity index (χ1v) is 15.0. The predicted molar refractivity (Wildman–Crippen MR) is 163 cm³/mol. The summed E-state index contributed by atoms with van der Waals surface area (Å²) in [6.45, 7) is 2.35. The van der Waals surface area contributed by atoms with E-state index in [0.717, 1.165) is 43.2 Å². The van der Waals surface area contributed by atoms with Gasteiger partial charge in [-0.2, -0.15) is 0 Å². The number of ether oxygens (including phenoxy) is 2. The van der Waals surface area contributed by atoms with Crippen LogP contribution < -0.4 is 20.7 Å². The summed E-state index contributed by atoms with van der Waals surface area (Å²) >= 11 is 0. The molecule has 0 saturated carbocycles. The van der Waals surface area contributed by atoms with Crippen LogP contribution in [0.3, 0.4) is 0 Å². The molecule has 41 heavy (non-hydrogen) atoms. The van der Waals surface area contributed by atoms with Crippen LogP contribution in [0.25, 0.3) is 21.9 Å². The molecule has 0 amide bonds. The molecule has 0 fully saturated rings. The number of fused-ring (bicyclic) bond motifs is 2. The van der Waals surface area contributed by atoms with E-state index in [0.29, 0.717) is 17.8 Å². The highest BCUT2D eigenvalue weighted by Crippen LogP contribution is 2.40. The number of benzene rings is 4. The van der Waals surface area contributed by atoms with Crippen molar-refractivity contribution < 1.29 is 18.3 Å². The minimum atomic E-state index is -0.369. The quantitative estimate of drug-likeness (QED) is 0.125. The average Bonchev–Trinajstić information content (AvgIpc) is 2.99. The summed E-state index contributed by atoms with van der Waals surface area (Å²) in [4.78, 5) is 25.1. The molecule has 2 aromatic heterocycles. The summed E-state index contributed by atoms with van der Waals surface area (Å²) in [6, 6.07) is 33.7. The van der Waals surface area contributed by atoms with Gasteiger partial charge in [0.05, 0.1) is 0 Å². The number of rotatable bonds is 9. The van der Waals surface area contributed by atoms with Gasteiger partial charge in [0.2, 0.25) is 0 Å². The maximum absolute atomic E-state index is 11.5. The van der Waals surface area contributed by atoms with Gasteiger partial charge in [0.25, 0.3) is 0 Å². The van der Waals surface area contributed by atoms with Crippen molar-refractivity contribution in [3.63, 3.8) is 0 Å². The minimum absolute atomic E-state index is 0.188. The molecule has 0 aliphatic rings. The molecule has 1 atom stereocenters. The van der Waals surface area contributed by atoms with Crippen molar-refractivity contribution in [1.82, 2.24) is 0 Å². The predicted octanol–water partition coefficient (Wildman–Crippen LogP) is 8.42. The topological polar surface area (TPSA) is 78.9 Å². The van der Waals surface area contributed by atoms with E-state index in [2.05, 4.69) is 0 Å². The molecule has 0 bridgehead atoms. The largest absolute Gasteiger partial charge is 0.489 e. The molecule has 0 radical (unpaired) electrons. The van der Waals surface area contributed by atoms with E-state index in [1.165, 1.54) is 12.1 Å². The standard InChI is InChI=1S/C33H24O6S2/c1-21(24-10-13-30-25(17-24)12-15-32(34)38-30)37-27-5-3-7-29(19-27)41-40-28-6-2-4-26(18-28)36-20-22-8-9-23-11-14-33(35)39-31(23)16-22/h2-19,21H,20H2,1H3. The van der Waals surface area contributed by atoms with Crippen molar-refractivity contribution in [2.45, 2.75) is 29.4 Å². The highest BCUT2D eigenvalue weighted by molar-refractivity contribution is 8.76. The van der Waals surface area contributed by atoms with Crippen LogP contribution >= 0.6 is 21.6 Å². The van der Waals surface area contributed by atoms with Crippen molar-refractivity contribution >= 4 is 43.5 Å². The molecule has 204 valence electrons. The summed E-state index contributed by atoms with van der Waals surface area (Å²) in [6.07, 6.45) is -0.188. The molecule has 0 saturated heterocycles. The SMILES string of the molecule is CC(Oc1cccc(SSc2cccc(OCc3ccc4ccc(=O)oc4c3)c2)c1)c1ccc2oc(=O)ccc2c1. The maximum Gasteiger partial charge on any atom is 0.336 e. The molecule has 6 aromatic rings. The highest BCUT2D eigenvalue weighted by atomic mass is 33.1. The normalized spacial score (nSPS) is 11.9. The van der Waals surface area contributed by atoms with E-state index in [1.807, 2.05) is 85.8 Å². The zero-order valence-corrected chi connectivity index (χ0v) is 23.6. The lowest BCUT2D eigenvalue weighted by Crippen LogP contribution is -2.03. The Morgan fingerprint density at radius 2 is 1.32 bits per heavy atom. The molecule has 0 aliphatic heterocycles. The monoisotopic (exact) mass is 580 g/mol. The Balaban J connectivity index is 1.07. The number of hydrogen-bond acceptors (Lipinski definition) is 8. The van der Waals surface area contributed by atoms with E-state index >= 15 is 0 Å². The Labute approximate surface area is 243 Å². The second-order valence-corrected chi connectivity index (χ2v) is 11.6. The Morgan fingerprint density at radius 1 is 0.659 bits per heavy atom. The van der Waals surface area contributed by atoms with Gasteiger partial charge >= 0.3 is 11.3 Å². The molecule has 8 heteroatoms. The summed E-state index contributed by atoms with van der Waals surface area (Å²) in [5, 5.41) is 1.73. The van der Waals surface area contributed by atoms with Crippen molar-refractivity contribution in [2.24, 2.45) is 0 Å². The summed E-state index contributed by atoms with van der Waals surface area (Å²) in [5.74, 6) is 1.52. The third-order valence-corrected chi connectivity index (χ3v) is 8.74. The van der Waals surface area contributed by atoms with Gasteiger partial charge in [-0.3, -0.25) is 0 Å². The first-order chi connectivity index (χ1) is 20.0. The van der Waals surface area contributed by atoms with Gasteiger partial charge in [0, 0.05) is 32.7 Å². The second-order valence-electron chi connectivity index (χ2n) is 9.34. The molecule has 6 rings (SSSR count). The third kappa shape index (κ3) is 6.67. The summed E-state index contributed by atoms with van der Waals surface area (Å²) in [7, 11) is 3.27. The fourth-order valence-corrected chi connectivity index (χ4v) is 6.28. The van der Waals surface area contributed by atoms with Crippen LogP contribution in [-0.2, 0) is 6.61 Å². The van der Waals surface area contributed by atoms with E-state index in [-0.39, 0.29) is 17.4 Å². The summed E-state index contributed by atoms with van der Waals surface area (Å²) < 4.78 is 22.8. The molecule has 6 nitrogen and oxygen atoms in total. The lowest BCUT2D eigenvalue weighted by Gasteiger charge is -2.16. The van der Waals surface area contributed by atoms with Gasteiger partial charge in [0.1, 0.15) is 35.4 Å². The molecular weight excluding hydrogens is 556 g/mol. The first-order valence-electron chi connectivity index (χ1n) is 12.9. The van der Waals surface area contributed by atoms with E-state index in [9.17, 15) is 9.59 Å². The molecule has 2 heterocycles. The lowest BCUT2D eigenvalue weighted by molar-refractivity contribution is 0.226. The van der Waals surface area contributed by atoms with Crippen LogP contribution in [0.4, 0.5) is 0 Å². The van der Waals surface area contributed by atoms with Crippen LogP contribution in [0.1, 0.15) is 24.2 Å². The average molecular weight is 581 g/mol. The molecule has 1 unspecified atom stereocenters. The van der Waals surface area contributed by atoms with E-state index in [1.54, 1.807) is 39.8 Å². The molecular formula is C33H24O6S2. The van der Waals surface area contributed by atoms with Gasteiger partial charge in [-0.05, 0) is 84.8 Å². The van der Waals surface area contributed by atoms with Crippen LogP contribution in [0.5, 0.6) is 11.5 Å². The Morgan fingerprint density at radius 3 is 2.10 bits per heavy atom. The van der Waals surface area contributed by atoms with Gasteiger partial charge in [-0.15, -0.1) is 0 Å². The minimum Gasteiger partial charge on any atom is -0.489 e. The van der Waals surface area contributed by atoms with Crippen LogP contribution in [0.15, 0.2) is 137 Å². The van der Waals surface area contributed by atoms with E-state index < -0.39 is 0 Å². The lowest BCUT2D eigenvalue weighted by atomic mass is 10.1. The smallest absolute Gasteiger partial charge is 0.336 e. The van der Waals surface area contributed by atoms with Crippen molar-refractivity contribution in [3.8, 4) is 11.5 Å². The van der Waals surface area contributed by atoms with Crippen molar-refractivity contribution in [1.29, 1.82) is 0 Å². The third-order valence-electron chi connectivity index (χ3n) is 6.36. The van der Waals surface area contributed by atoms with Gasteiger partial charge in [-0.1, -0.05) is 51.9 Å². The van der Waals surface area contributed by atoms with E-state index in [4.69, 9.17) is 18.3 Å². The molecule has 0 N–H and O–H groups in total. The fraction of sp³-hybridized carbons (Fsp3) is 0.0909. The fourth-order valence-electron chi connectivity index (χ4n) is 4.29.